The number of aromatic nitrogens is 2. The molecule has 1 aromatic carbocycles. The Balaban J connectivity index is 1.04. The lowest BCUT2D eigenvalue weighted by atomic mass is 9.94. The fourth-order valence-electron chi connectivity index (χ4n) is 10.3. The SMILES string of the molecule is O=[N+]([O-])c1ccc(NC[C@H]2O[C@@H]3O[C@H]4[C@H](O)[C@@H](O)[C@@H](O[C@H]5[C@H](O)[C@@H](O)[C@@H](O[C@H]6[C@H](O)[C@@H](O)[C@@H](O[C@H]7[C@H](O)[C@@H](O)[C@@H](O[C@H]8[C@H](O)[C@@H](O)[C@@H](O[C@H]2[C@H](O)[C@H]3O)O[C@@H]8CO)O[C@@H]7CO)O[C@@H]6CO)O[C@@H]5CO)O[C@@H]4CO)c2nonc12. The molecule has 0 spiro atoms. The number of nitro groups is 1. The number of fused-ring (bicyclic) bond motifs is 1. The van der Waals surface area contributed by atoms with E-state index in [-0.39, 0.29) is 16.7 Å². The highest BCUT2D eigenvalue weighted by Crippen LogP contribution is 2.39. The van der Waals surface area contributed by atoms with Crippen LogP contribution in [0.25, 0.3) is 11.0 Å². The van der Waals surface area contributed by atoms with Crippen LogP contribution < -0.4 is 5.32 Å². The van der Waals surface area contributed by atoms with E-state index in [1.165, 1.54) is 6.07 Å². The van der Waals surface area contributed by atoms with Gasteiger partial charge in [-0.05, 0) is 16.4 Å². The van der Waals surface area contributed by atoms with Crippen molar-refractivity contribution in [1.29, 1.82) is 0 Å². The van der Waals surface area contributed by atoms with Gasteiger partial charge < -0.3 is 149 Å². The van der Waals surface area contributed by atoms with E-state index in [9.17, 15) is 96.9 Å². The Morgan fingerprint density at radius 3 is 0.910 bits per heavy atom. The number of aliphatic hydroxyl groups is 17. The van der Waals surface area contributed by atoms with Gasteiger partial charge in [0.05, 0.1) is 43.6 Å². The van der Waals surface area contributed by atoms with Crippen LogP contribution in [0.5, 0.6) is 0 Å². The Morgan fingerprint density at radius 1 is 0.385 bits per heavy atom. The molecule has 2 aromatic rings. The third kappa shape index (κ3) is 11.2. The van der Waals surface area contributed by atoms with Crippen LogP contribution >= 0.6 is 0 Å². The van der Waals surface area contributed by atoms with Crippen LogP contribution in [0.15, 0.2) is 16.8 Å². The summed E-state index contributed by atoms with van der Waals surface area (Å²) in [6.07, 6.45) is -60.1. The van der Waals surface area contributed by atoms with Crippen LogP contribution in [0.3, 0.4) is 0 Å². The zero-order chi connectivity index (χ0) is 56.2. The molecule has 36 heteroatoms. The Bertz CT molecular complexity index is 2280. The Labute approximate surface area is 436 Å². The van der Waals surface area contributed by atoms with Crippen molar-refractivity contribution in [2.75, 3.05) is 44.9 Å². The average Bonchev–Trinajstić information content (AvgIpc) is 3.96. The summed E-state index contributed by atoms with van der Waals surface area (Å²) < 4.78 is 74.2. The van der Waals surface area contributed by atoms with Gasteiger partial charge in [0.15, 0.2) is 43.3 Å². The fraction of sp³-hybridized carbons (Fsp3) is 0.857. The Morgan fingerprint density at radius 2 is 0.641 bits per heavy atom. The molecule has 18 N–H and O–H groups in total. The third-order valence-corrected chi connectivity index (χ3v) is 14.6. The molecular weight excluding hydrogens is 1070 g/mol. The third-order valence-electron chi connectivity index (χ3n) is 14.6. The van der Waals surface area contributed by atoms with Gasteiger partial charge in [-0.15, -0.1) is 0 Å². The number of benzene rings is 1. The number of rotatable bonds is 9. The van der Waals surface area contributed by atoms with Crippen LogP contribution in [-0.4, -0.2) is 326 Å². The first-order valence-electron chi connectivity index (χ1n) is 24.5. The molecule has 12 bridgehead atoms. The van der Waals surface area contributed by atoms with Gasteiger partial charge in [0.2, 0.25) is 5.52 Å². The minimum atomic E-state index is -2.23. The van der Waals surface area contributed by atoms with Crippen molar-refractivity contribution in [3.8, 4) is 0 Å². The number of nitro benzene ring substituents is 1. The predicted molar refractivity (Wildman–Crippen MR) is 236 cm³/mol. The van der Waals surface area contributed by atoms with Gasteiger partial charge >= 0.3 is 5.69 Å². The van der Waals surface area contributed by atoms with E-state index in [0.717, 1.165) is 6.07 Å². The highest BCUT2D eigenvalue weighted by atomic mass is 16.8. The van der Waals surface area contributed by atoms with Gasteiger partial charge in [0.1, 0.15) is 146 Å². The van der Waals surface area contributed by atoms with E-state index in [1.54, 1.807) is 0 Å². The summed E-state index contributed by atoms with van der Waals surface area (Å²) in [5.74, 6) is 0. The lowest BCUT2D eigenvalue weighted by Crippen LogP contribution is -2.69. The van der Waals surface area contributed by atoms with Gasteiger partial charge in [0, 0.05) is 12.6 Å². The number of aliphatic hydroxyl groups excluding tert-OH is 17. The van der Waals surface area contributed by atoms with E-state index < -0.39 is 234 Å². The molecule has 23 heterocycles. The second kappa shape index (κ2) is 24.6. The number of hydrogen-bond acceptors (Lipinski definition) is 35. The maximum atomic E-state index is 11.8. The number of nitrogens with one attached hydrogen (secondary N) is 1. The molecule has 22 saturated heterocycles. The molecule has 30 atom stereocenters. The summed E-state index contributed by atoms with van der Waals surface area (Å²) in [5.41, 5.74) is -0.963. The minimum Gasteiger partial charge on any atom is -0.394 e. The summed E-state index contributed by atoms with van der Waals surface area (Å²) in [4.78, 5) is 10.9. The Hall–Kier alpha value is -3.34. The number of hydrogen-bond donors (Lipinski definition) is 18. The largest absolute Gasteiger partial charge is 0.394 e. The van der Waals surface area contributed by atoms with Crippen molar-refractivity contribution >= 4 is 22.4 Å². The summed E-state index contributed by atoms with van der Waals surface area (Å²) >= 11 is 0. The molecule has 24 rings (SSSR count). The average molecular weight is 1130 g/mol. The molecule has 22 aliphatic heterocycles. The molecule has 0 unspecified atom stereocenters. The molecule has 36 nitrogen and oxygen atoms in total. The van der Waals surface area contributed by atoms with Crippen LogP contribution in [-0.2, 0) is 56.8 Å². The van der Waals surface area contributed by atoms with E-state index in [4.69, 9.17) is 61.5 Å². The molecule has 22 aliphatic rings. The summed E-state index contributed by atoms with van der Waals surface area (Å²) in [6.45, 7) is -5.74. The number of anilines is 1. The molecule has 0 amide bonds. The highest BCUT2D eigenvalue weighted by Gasteiger charge is 2.59. The molecular formula is C42H62N4O32. The van der Waals surface area contributed by atoms with Crippen molar-refractivity contribution in [3.05, 3.63) is 22.2 Å². The lowest BCUT2D eigenvalue weighted by molar-refractivity contribution is -0.403. The zero-order valence-electron chi connectivity index (χ0n) is 40.3. The highest BCUT2D eigenvalue weighted by molar-refractivity contribution is 5.93. The van der Waals surface area contributed by atoms with Crippen molar-refractivity contribution in [2.45, 2.75) is 184 Å². The van der Waals surface area contributed by atoms with Crippen molar-refractivity contribution in [3.63, 3.8) is 0 Å². The molecule has 22 fully saturated rings. The maximum absolute atomic E-state index is 11.8. The second-order valence-electron chi connectivity index (χ2n) is 19.4. The van der Waals surface area contributed by atoms with Crippen molar-refractivity contribution in [2.24, 2.45) is 0 Å². The van der Waals surface area contributed by atoms with Gasteiger partial charge in [-0.3, -0.25) is 10.1 Å². The smallest absolute Gasteiger partial charge is 0.300 e. The quantitative estimate of drug-likeness (QED) is 0.0819. The lowest BCUT2D eigenvalue weighted by Gasteiger charge is -2.50. The normalized spacial score (nSPS) is 48.6. The standard InChI is InChI=1S/C42H62N4O32/c47-4-12-32-21(54)27(60)39(68-12)75-34-14(6-49)70-41(29(62)23(34)56)77-36-16(8-51)71-42(30(63)24(36)57)76-35-15(7-50)69-40(28(61)22(35)55)74-33-13(5-48)67-38(26(59)20(33)53)72-31-11(66-37(73-32)25(58)19(31)52)3-43-9-1-2-10(46(64)65)18-17(9)44-78-45-18/h1-2,11-16,19-43,47-63H,3-8H2/t11-,12-,13-,14-,15-,16-,19-,20-,21-,22-,23-,24-,25-,26-,27-,28-,29-,30-,31-,32-,33-,34-,35-,36-,37-,38-,39-,40-,41-,42-/m1/s1. The molecule has 442 valence electrons. The number of nitrogens with zero attached hydrogens (tertiary/aromatic N) is 3. The number of non-ortho nitro benzene ring substituents is 1. The second-order valence-corrected chi connectivity index (χ2v) is 19.4. The van der Waals surface area contributed by atoms with Gasteiger partial charge in [-0.1, -0.05) is 0 Å². The number of ether oxygens (including phenoxy) is 12. The Kier molecular flexibility index (Phi) is 18.7. The zero-order valence-corrected chi connectivity index (χ0v) is 40.3. The first-order valence-corrected chi connectivity index (χ1v) is 24.5. The van der Waals surface area contributed by atoms with Gasteiger partial charge in [-0.25, -0.2) is 4.63 Å². The molecule has 1 aromatic heterocycles. The van der Waals surface area contributed by atoms with Crippen LogP contribution in [0, 0.1) is 10.1 Å². The topological polar surface area (TPSA) is 549 Å². The summed E-state index contributed by atoms with van der Waals surface area (Å²) in [6, 6.07) is 2.25. The van der Waals surface area contributed by atoms with Crippen LogP contribution in [0.2, 0.25) is 0 Å². The van der Waals surface area contributed by atoms with E-state index in [1.807, 2.05) is 0 Å². The monoisotopic (exact) mass is 1130 g/mol. The molecule has 0 saturated carbocycles. The first kappa shape index (κ1) is 59.3. The maximum Gasteiger partial charge on any atom is 0.300 e. The van der Waals surface area contributed by atoms with E-state index >= 15 is 0 Å². The van der Waals surface area contributed by atoms with E-state index in [2.05, 4.69) is 15.6 Å². The molecule has 78 heavy (non-hydrogen) atoms. The van der Waals surface area contributed by atoms with Gasteiger partial charge in [-0.2, -0.15) is 0 Å². The van der Waals surface area contributed by atoms with Crippen molar-refractivity contribution in [1.82, 2.24) is 10.3 Å². The van der Waals surface area contributed by atoms with Gasteiger partial charge in [0.25, 0.3) is 0 Å². The van der Waals surface area contributed by atoms with Crippen LogP contribution in [0.1, 0.15) is 0 Å². The van der Waals surface area contributed by atoms with Crippen molar-refractivity contribution < 1.29 is 153 Å². The first-order chi connectivity index (χ1) is 37.2. The summed E-state index contributed by atoms with van der Waals surface area (Å²) in [7, 11) is 0. The van der Waals surface area contributed by atoms with Crippen LogP contribution in [0.4, 0.5) is 11.4 Å². The molecule has 0 aliphatic carbocycles. The summed E-state index contributed by atoms with van der Waals surface area (Å²) in [5, 5.41) is 211. The minimum absolute atomic E-state index is 0.00848. The fourth-order valence-corrected chi connectivity index (χ4v) is 10.3. The molecule has 0 radical (unpaired) electrons. The van der Waals surface area contributed by atoms with E-state index in [0.29, 0.717) is 0 Å². The predicted octanol–water partition coefficient (Wildman–Crippen LogP) is -11.5.